The van der Waals surface area contributed by atoms with Gasteiger partial charge in [-0.05, 0) is 31.2 Å². The number of aryl methyl sites for hydroxylation is 2. The lowest BCUT2D eigenvalue weighted by atomic mass is 10.2. The Morgan fingerprint density at radius 1 is 1.16 bits per heavy atom. The molecule has 0 radical (unpaired) electrons. The minimum atomic E-state index is -0.722. The van der Waals surface area contributed by atoms with Crippen molar-refractivity contribution >= 4 is 34.9 Å². The standard InChI is InChI=1S/C17H18N2O5S/c1-11-5-7-14(25-11)13(20)6-8-16(22)24-10-15(21)18-17(23)12-4-3-9-19(12)2/h3-5,7,9H,6,8,10H2,1-2H3,(H,18,21,23). The van der Waals surface area contributed by atoms with Crippen molar-refractivity contribution in [1.29, 1.82) is 0 Å². The number of ketones is 1. The second kappa shape index (κ2) is 8.39. The summed E-state index contributed by atoms with van der Waals surface area (Å²) in [6, 6.07) is 6.79. The Morgan fingerprint density at radius 2 is 1.92 bits per heavy atom. The van der Waals surface area contributed by atoms with E-state index in [-0.39, 0.29) is 18.6 Å². The van der Waals surface area contributed by atoms with E-state index in [1.54, 1.807) is 36.0 Å². The van der Waals surface area contributed by atoms with Crippen molar-refractivity contribution < 1.29 is 23.9 Å². The zero-order valence-corrected chi connectivity index (χ0v) is 14.7. The van der Waals surface area contributed by atoms with Crippen LogP contribution in [-0.4, -0.2) is 34.7 Å². The van der Waals surface area contributed by atoms with Crippen molar-refractivity contribution in [1.82, 2.24) is 9.88 Å². The molecule has 2 rings (SSSR count). The maximum Gasteiger partial charge on any atom is 0.306 e. The van der Waals surface area contributed by atoms with Crippen LogP contribution < -0.4 is 5.32 Å². The molecule has 0 aliphatic rings. The average Bonchev–Trinajstić information content (AvgIpc) is 3.19. The van der Waals surface area contributed by atoms with Crippen molar-refractivity contribution in [3.8, 4) is 0 Å². The molecule has 2 aromatic rings. The summed E-state index contributed by atoms with van der Waals surface area (Å²) in [4.78, 5) is 48.6. The molecule has 2 heterocycles. The van der Waals surface area contributed by atoms with Crippen LogP contribution in [0.15, 0.2) is 30.5 Å². The van der Waals surface area contributed by atoms with Crippen LogP contribution in [0.4, 0.5) is 0 Å². The summed E-state index contributed by atoms with van der Waals surface area (Å²) in [5.41, 5.74) is 0.316. The second-order valence-electron chi connectivity index (χ2n) is 5.38. The lowest BCUT2D eigenvalue weighted by molar-refractivity contribution is -0.148. The molecule has 7 nitrogen and oxygen atoms in total. The van der Waals surface area contributed by atoms with Gasteiger partial charge in [0.05, 0.1) is 11.3 Å². The number of amides is 2. The molecule has 1 N–H and O–H groups in total. The number of ether oxygens (including phenoxy) is 1. The Kier molecular flexibility index (Phi) is 6.24. The predicted octanol–water partition coefficient (Wildman–Crippen LogP) is 1.86. The molecule has 0 aliphatic heterocycles. The van der Waals surface area contributed by atoms with Gasteiger partial charge >= 0.3 is 5.97 Å². The summed E-state index contributed by atoms with van der Waals surface area (Å²) >= 11 is 1.37. The topological polar surface area (TPSA) is 94.5 Å². The molecule has 0 bridgehead atoms. The smallest absolute Gasteiger partial charge is 0.306 e. The van der Waals surface area contributed by atoms with Gasteiger partial charge in [0.2, 0.25) is 0 Å². The minimum absolute atomic E-state index is 0.0166. The van der Waals surface area contributed by atoms with E-state index in [0.29, 0.717) is 10.6 Å². The fourth-order valence-corrected chi connectivity index (χ4v) is 2.90. The van der Waals surface area contributed by atoms with Crippen LogP contribution in [0.3, 0.4) is 0 Å². The first-order chi connectivity index (χ1) is 11.9. The Balaban J connectivity index is 1.70. The van der Waals surface area contributed by atoms with Crippen molar-refractivity contribution in [2.45, 2.75) is 19.8 Å². The number of rotatable bonds is 7. The van der Waals surface area contributed by atoms with Crippen LogP contribution in [0, 0.1) is 6.92 Å². The van der Waals surface area contributed by atoms with Crippen LogP contribution in [0.25, 0.3) is 0 Å². The lowest BCUT2D eigenvalue weighted by Gasteiger charge is -2.06. The summed E-state index contributed by atoms with van der Waals surface area (Å²) in [6.07, 6.45) is 1.57. The van der Waals surface area contributed by atoms with Gasteiger partial charge in [0.25, 0.3) is 11.8 Å². The third-order valence-corrected chi connectivity index (χ3v) is 4.41. The minimum Gasteiger partial charge on any atom is -0.456 e. The van der Waals surface area contributed by atoms with Crippen LogP contribution in [0.1, 0.15) is 37.9 Å². The quantitative estimate of drug-likeness (QED) is 0.599. The van der Waals surface area contributed by atoms with Gasteiger partial charge in [-0.2, -0.15) is 0 Å². The van der Waals surface area contributed by atoms with Gasteiger partial charge in [-0.25, -0.2) is 0 Å². The van der Waals surface area contributed by atoms with Gasteiger partial charge in [0.15, 0.2) is 12.4 Å². The number of carbonyl (C=O) groups excluding carboxylic acids is 4. The largest absolute Gasteiger partial charge is 0.456 e. The van der Waals surface area contributed by atoms with E-state index in [1.165, 1.54) is 11.3 Å². The third-order valence-electron chi connectivity index (χ3n) is 3.36. The number of Topliss-reactive ketones (excluding diaryl/α,β-unsaturated/α-hetero) is 1. The van der Waals surface area contributed by atoms with Crippen LogP contribution in [0.2, 0.25) is 0 Å². The van der Waals surface area contributed by atoms with Crippen LogP contribution in [-0.2, 0) is 21.4 Å². The maximum atomic E-state index is 11.9. The number of hydrogen-bond donors (Lipinski definition) is 1. The van der Waals surface area contributed by atoms with Gasteiger partial charge in [-0.3, -0.25) is 24.5 Å². The first kappa shape index (κ1) is 18.6. The van der Waals surface area contributed by atoms with Crippen molar-refractivity contribution in [2.75, 3.05) is 6.61 Å². The lowest BCUT2D eigenvalue weighted by Crippen LogP contribution is -2.35. The van der Waals surface area contributed by atoms with Gasteiger partial charge < -0.3 is 9.30 Å². The van der Waals surface area contributed by atoms with E-state index >= 15 is 0 Å². The van der Waals surface area contributed by atoms with Gasteiger partial charge in [-0.1, -0.05) is 0 Å². The highest BCUT2D eigenvalue weighted by Crippen LogP contribution is 2.17. The average molecular weight is 362 g/mol. The van der Waals surface area contributed by atoms with E-state index in [0.717, 1.165) is 4.88 Å². The maximum absolute atomic E-state index is 11.9. The molecule has 25 heavy (non-hydrogen) atoms. The summed E-state index contributed by atoms with van der Waals surface area (Å²) in [6.45, 7) is 1.33. The number of nitrogens with zero attached hydrogens (tertiary/aromatic N) is 1. The van der Waals surface area contributed by atoms with Crippen molar-refractivity contribution in [3.63, 3.8) is 0 Å². The molecule has 2 amide bonds. The summed E-state index contributed by atoms with van der Waals surface area (Å²) in [7, 11) is 1.67. The molecule has 0 spiro atoms. The first-order valence-electron chi connectivity index (χ1n) is 7.57. The molecule has 0 aromatic carbocycles. The van der Waals surface area contributed by atoms with Gasteiger partial charge in [0, 0.05) is 24.5 Å². The molecule has 0 saturated carbocycles. The number of thiophene rings is 1. The highest BCUT2D eigenvalue weighted by atomic mass is 32.1. The van der Waals surface area contributed by atoms with E-state index in [4.69, 9.17) is 4.74 Å². The molecule has 2 aromatic heterocycles. The fourth-order valence-electron chi connectivity index (χ4n) is 2.07. The highest BCUT2D eigenvalue weighted by Gasteiger charge is 2.16. The summed E-state index contributed by atoms with van der Waals surface area (Å²) in [5, 5.41) is 2.13. The number of imide groups is 1. The first-order valence-corrected chi connectivity index (χ1v) is 8.39. The molecule has 0 unspecified atom stereocenters. The molecule has 0 aliphatic carbocycles. The number of hydrogen-bond acceptors (Lipinski definition) is 6. The van der Waals surface area contributed by atoms with E-state index in [2.05, 4.69) is 5.32 Å². The Labute approximate surface area is 148 Å². The molecule has 0 atom stereocenters. The molecule has 0 saturated heterocycles. The molecule has 132 valence electrons. The molecule has 8 heteroatoms. The van der Waals surface area contributed by atoms with Crippen LogP contribution in [0.5, 0.6) is 0 Å². The Morgan fingerprint density at radius 3 is 2.52 bits per heavy atom. The highest BCUT2D eigenvalue weighted by molar-refractivity contribution is 7.14. The van der Waals surface area contributed by atoms with Gasteiger partial charge in [-0.15, -0.1) is 11.3 Å². The second-order valence-corrected chi connectivity index (χ2v) is 6.66. The Hall–Kier alpha value is -2.74. The normalized spacial score (nSPS) is 10.3. The predicted molar refractivity (Wildman–Crippen MR) is 91.5 cm³/mol. The zero-order chi connectivity index (χ0) is 18.4. The zero-order valence-electron chi connectivity index (χ0n) is 13.9. The molecule has 0 fully saturated rings. The fraction of sp³-hybridized carbons (Fsp3) is 0.294. The molecular formula is C17H18N2O5S. The number of nitrogens with one attached hydrogen (secondary N) is 1. The van der Waals surface area contributed by atoms with Crippen molar-refractivity contribution in [2.24, 2.45) is 7.05 Å². The third kappa shape index (κ3) is 5.39. The van der Waals surface area contributed by atoms with E-state index in [9.17, 15) is 19.2 Å². The van der Waals surface area contributed by atoms with Crippen molar-refractivity contribution in [3.05, 3.63) is 45.9 Å². The van der Waals surface area contributed by atoms with Gasteiger partial charge in [0.1, 0.15) is 5.69 Å². The van der Waals surface area contributed by atoms with Crippen LogP contribution >= 0.6 is 11.3 Å². The van der Waals surface area contributed by atoms with E-state index in [1.807, 2.05) is 13.0 Å². The number of esters is 1. The molecular weight excluding hydrogens is 344 g/mol. The summed E-state index contributed by atoms with van der Waals surface area (Å²) < 4.78 is 6.35. The van der Waals surface area contributed by atoms with E-state index < -0.39 is 24.4 Å². The summed E-state index contributed by atoms with van der Waals surface area (Å²) in [5.74, 6) is -2.10. The SMILES string of the molecule is Cc1ccc(C(=O)CCC(=O)OCC(=O)NC(=O)c2cccn2C)s1. The number of aromatic nitrogens is 1. The number of carbonyl (C=O) groups is 4. The monoisotopic (exact) mass is 362 g/mol. The Bertz CT molecular complexity index is 806.